The number of aromatic nitrogens is 2. The third-order valence-electron chi connectivity index (χ3n) is 2.38. The summed E-state index contributed by atoms with van der Waals surface area (Å²) in [7, 11) is 0. The van der Waals surface area contributed by atoms with Crippen LogP contribution >= 0.6 is 12.6 Å². The summed E-state index contributed by atoms with van der Waals surface area (Å²) >= 11 is 4.24. The quantitative estimate of drug-likeness (QED) is 0.720. The highest BCUT2D eigenvalue weighted by Gasteiger charge is 2.07. The summed E-state index contributed by atoms with van der Waals surface area (Å²) in [5.74, 6) is -0.102. The van der Waals surface area contributed by atoms with Crippen molar-refractivity contribution in [3.63, 3.8) is 0 Å². The Hall–Kier alpha value is -1.75. The molecule has 0 aliphatic carbocycles. The van der Waals surface area contributed by atoms with Crippen molar-refractivity contribution >= 4 is 18.5 Å². The number of amides is 1. The highest BCUT2D eigenvalue weighted by molar-refractivity contribution is 7.80. The molecule has 2 N–H and O–H groups in total. The van der Waals surface area contributed by atoms with Gasteiger partial charge in [0.2, 0.25) is 0 Å². The molecule has 0 saturated carbocycles. The minimum atomic E-state index is -0.102. The fraction of sp³-hybridized carbons (Fsp3) is 0.167. The first-order valence-corrected chi connectivity index (χ1v) is 5.75. The zero-order valence-electron chi connectivity index (χ0n) is 9.18. The number of nitrogens with zero attached hydrogens (tertiary/aromatic N) is 1. The highest BCUT2D eigenvalue weighted by atomic mass is 32.1. The Bertz CT molecular complexity index is 496. The fourth-order valence-electron chi connectivity index (χ4n) is 1.49. The van der Waals surface area contributed by atoms with Crippen molar-refractivity contribution in [3.8, 4) is 0 Å². The van der Waals surface area contributed by atoms with Gasteiger partial charge in [0.05, 0.1) is 11.9 Å². The summed E-state index contributed by atoms with van der Waals surface area (Å²) in [4.78, 5) is 19.4. The van der Waals surface area contributed by atoms with E-state index in [0.29, 0.717) is 17.0 Å². The SMILES string of the molecule is O=C(NCCc1cnc[nH]1)c1ccccc1S. The van der Waals surface area contributed by atoms with Gasteiger partial charge in [-0.25, -0.2) is 4.98 Å². The van der Waals surface area contributed by atoms with Crippen molar-refractivity contribution < 1.29 is 4.79 Å². The molecule has 0 bridgehead atoms. The lowest BCUT2D eigenvalue weighted by molar-refractivity contribution is 0.0951. The molecule has 0 atom stereocenters. The zero-order valence-corrected chi connectivity index (χ0v) is 10.1. The van der Waals surface area contributed by atoms with Gasteiger partial charge in [0.25, 0.3) is 5.91 Å². The lowest BCUT2D eigenvalue weighted by Gasteiger charge is -2.06. The van der Waals surface area contributed by atoms with Gasteiger partial charge >= 0.3 is 0 Å². The van der Waals surface area contributed by atoms with Gasteiger partial charge in [0.1, 0.15) is 0 Å². The van der Waals surface area contributed by atoms with Crippen LogP contribution in [0.25, 0.3) is 0 Å². The van der Waals surface area contributed by atoms with E-state index in [4.69, 9.17) is 0 Å². The van der Waals surface area contributed by atoms with Crippen molar-refractivity contribution in [3.05, 3.63) is 48.0 Å². The normalized spacial score (nSPS) is 10.2. The molecule has 4 nitrogen and oxygen atoms in total. The Morgan fingerprint density at radius 3 is 2.94 bits per heavy atom. The van der Waals surface area contributed by atoms with Crippen molar-refractivity contribution in [2.45, 2.75) is 11.3 Å². The molecule has 88 valence electrons. The highest BCUT2D eigenvalue weighted by Crippen LogP contribution is 2.12. The van der Waals surface area contributed by atoms with Gasteiger partial charge in [-0.1, -0.05) is 12.1 Å². The van der Waals surface area contributed by atoms with Crippen molar-refractivity contribution in [1.29, 1.82) is 0 Å². The maximum absolute atomic E-state index is 11.8. The predicted molar refractivity (Wildman–Crippen MR) is 68.3 cm³/mol. The van der Waals surface area contributed by atoms with Crippen LogP contribution in [0.2, 0.25) is 0 Å². The van der Waals surface area contributed by atoms with Crippen LogP contribution in [0.5, 0.6) is 0 Å². The summed E-state index contributed by atoms with van der Waals surface area (Å²) in [5, 5.41) is 2.84. The monoisotopic (exact) mass is 247 g/mol. The average molecular weight is 247 g/mol. The van der Waals surface area contributed by atoms with Crippen molar-refractivity contribution in [1.82, 2.24) is 15.3 Å². The molecule has 2 aromatic rings. The molecule has 1 aromatic carbocycles. The number of benzene rings is 1. The van der Waals surface area contributed by atoms with Gasteiger partial charge in [0, 0.05) is 29.8 Å². The summed E-state index contributed by atoms with van der Waals surface area (Å²) < 4.78 is 0. The van der Waals surface area contributed by atoms with E-state index in [-0.39, 0.29) is 5.91 Å². The molecule has 1 amide bonds. The van der Waals surface area contributed by atoms with Crippen LogP contribution < -0.4 is 5.32 Å². The number of rotatable bonds is 4. The first kappa shape index (κ1) is 11.7. The summed E-state index contributed by atoms with van der Waals surface area (Å²) in [6, 6.07) is 7.23. The number of H-pyrrole nitrogens is 1. The second-order valence-electron chi connectivity index (χ2n) is 3.60. The molecule has 0 unspecified atom stereocenters. The number of hydrogen-bond donors (Lipinski definition) is 3. The molecule has 0 spiro atoms. The average Bonchev–Trinajstić information content (AvgIpc) is 2.82. The van der Waals surface area contributed by atoms with Crippen LogP contribution in [-0.2, 0) is 6.42 Å². The standard InChI is InChI=1S/C12H13N3OS/c16-12(10-3-1-2-4-11(10)17)14-6-5-9-7-13-8-15-9/h1-4,7-8,17H,5-6H2,(H,13,15)(H,14,16). The molecule has 0 radical (unpaired) electrons. The summed E-state index contributed by atoms with van der Waals surface area (Å²) in [6.45, 7) is 0.573. The maximum atomic E-state index is 11.8. The molecular formula is C12H13N3OS. The molecule has 1 heterocycles. The van der Waals surface area contributed by atoms with Gasteiger partial charge < -0.3 is 10.3 Å². The first-order valence-electron chi connectivity index (χ1n) is 5.31. The topological polar surface area (TPSA) is 57.8 Å². The van der Waals surface area contributed by atoms with E-state index in [1.54, 1.807) is 24.7 Å². The molecular weight excluding hydrogens is 234 g/mol. The van der Waals surface area contributed by atoms with E-state index in [1.165, 1.54) is 0 Å². The van der Waals surface area contributed by atoms with Gasteiger partial charge in [-0.3, -0.25) is 4.79 Å². The molecule has 0 saturated heterocycles. The van der Waals surface area contributed by atoms with E-state index in [9.17, 15) is 4.79 Å². The number of thiol groups is 1. The van der Waals surface area contributed by atoms with Gasteiger partial charge in [-0.05, 0) is 12.1 Å². The van der Waals surface area contributed by atoms with E-state index >= 15 is 0 Å². The second kappa shape index (κ2) is 5.54. The first-order chi connectivity index (χ1) is 8.27. The minimum Gasteiger partial charge on any atom is -0.352 e. The third kappa shape index (κ3) is 3.10. The Balaban J connectivity index is 1.88. The molecule has 0 aliphatic heterocycles. The Morgan fingerprint density at radius 1 is 1.41 bits per heavy atom. The largest absolute Gasteiger partial charge is 0.352 e. The molecule has 0 fully saturated rings. The molecule has 5 heteroatoms. The second-order valence-corrected chi connectivity index (χ2v) is 4.08. The van der Waals surface area contributed by atoms with Gasteiger partial charge in [-0.2, -0.15) is 0 Å². The van der Waals surface area contributed by atoms with Gasteiger partial charge in [-0.15, -0.1) is 12.6 Å². The van der Waals surface area contributed by atoms with Crippen molar-refractivity contribution in [2.24, 2.45) is 0 Å². The summed E-state index contributed by atoms with van der Waals surface area (Å²) in [6.07, 6.45) is 4.11. The Kier molecular flexibility index (Phi) is 3.82. The number of carbonyl (C=O) groups is 1. The zero-order chi connectivity index (χ0) is 12.1. The summed E-state index contributed by atoms with van der Waals surface area (Å²) in [5.41, 5.74) is 1.60. The molecule has 0 aliphatic rings. The third-order valence-corrected chi connectivity index (χ3v) is 2.77. The van der Waals surface area contributed by atoms with Crippen molar-refractivity contribution in [2.75, 3.05) is 6.54 Å². The van der Waals surface area contributed by atoms with Crippen LogP contribution in [0.15, 0.2) is 41.7 Å². The van der Waals surface area contributed by atoms with E-state index in [2.05, 4.69) is 27.9 Å². The number of hydrogen-bond acceptors (Lipinski definition) is 3. The van der Waals surface area contributed by atoms with Crippen LogP contribution in [0.1, 0.15) is 16.1 Å². The minimum absolute atomic E-state index is 0.102. The maximum Gasteiger partial charge on any atom is 0.252 e. The van der Waals surface area contributed by atoms with Crippen LogP contribution in [0.3, 0.4) is 0 Å². The predicted octanol–water partition coefficient (Wildman–Crippen LogP) is 1.67. The van der Waals surface area contributed by atoms with E-state index < -0.39 is 0 Å². The van der Waals surface area contributed by atoms with E-state index in [1.807, 2.05) is 12.1 Å². The molecule has 1 aromatic heterocycles. The molecule has 2 rings (SSSR count). The number of aromatic amines is 1. The van der Waals surface area contributed by atoms with Crippen LogP contribution in [0, 0.1) is 0 Å². The number of carbonyl (C=O) groups excluding carboxylic acids is 1. The number of imidazole rings is 1. The number of nitrogens with one attached hydrogen (secondary N) is 2. The van der Waals surface area contributed by atoms with Crippen LogP contribution in [-0.4, -0.2) is 22.4 Å². The smallest absolute Gasteiger partial charge is 0.252 e. The molecule has 17 heavy (non-hydrogen) atoms. The lowest BCUT2D eigenvalue weighted by atomic mass is 10.2. The fourth-order valence-corrected chi connectivity index (χ4v) is 1.76. The Morgan fingerprint density at radius 2 is 2.24 bits per heavy atom. The lowest BCUT2D eigenvalue weighted by Crippen LogP contribution is -2.26. The van der Waals surface area contributed by atoms with Gasteiger partial charge in [0.15, 0.2) is 0 Å². The Labute approximate surface area is 105 Å². The van der Waals surface area contributed by atoms with Crippen LogP contribution in [0.4, 0.5) is 0 Å². The van der Waals surface area contributed by atoms with E-state index in [0.717, 1.165) is 12.1 Å².